The van der Waals surface area contributed by atoms with Crippen molar-refractivity contribution >= 4 is 58.6 Å². The first-order chi connectivity index (χ1) is 21.8. The van der Waals surface area contributed by atoms with Gasteiger partial charge in [-0.25, -0.2) is 0 Å². The molecule has 0 amide bonds. The van der Waals surface area contributed by atoms with E-state index in [-0.39, 0.29) is 108 Å². The van der Waals surface area contributed by atoms with Crippen LogP contribution in [0.2, 0.25) is 0 Å². The van der Waals surface area contributed by atoms with Gasteiger partial charge in [0.15, 0.2) is 6.29 Å². The molecule has 280 valence electrons. The second kappa shape index (κ2) is 24.5. The molecule has 0 saturated carbocycles. The molecule has 3 rings (SSSR count). The molecule has 12 nitrogen and oxygen atoms in total. The quantitative estimate of drug-likeness (QED) is 0.0915. The maximum Gasteiger partial charge on any atom is 1.00 e. The molecule has 0 bridgehead atoms. The van der Waals surface area contributed by atoms with E-state index >= 15 is 0 Å². The smallest absolute Gasteiger partial charge is 1.00 e. The maximum atomic E-state index is 11.1. The third-order valence-corrected chi connectivity index (χ3v) is 8.65. The van der Waals surface area contributed by atoms with Gasteiger partial charge in [-0.05, 0) is 25.3 Å². The minimum absolute atomic E-state index is 0. The van der Waals surface area contributed by atoms with Crippen LogP contribution in [0.15, 0.2) is 12.3 Å². The Hall–Kier alpha value is -0.753. The molecule has 11 atom stereocenters. The van der Waals surface area contributed by atoms with Crippen molar-refractivity contribution in [3.8, 4) is 0 Å². The van der Waals surface area contributed by atoms with E-state index in [1.807, 2.05) is 34.6 Å². The number of aliphatic hydroxyl groups is 1. The van der Waals surface area contributed by atoms with Crippen LogP contribution in [0.4, 0.5) is 0 Å². The first-order valence-electron chi connectivity index (χ1n) is 16.0. The number of esters is 3. The first-order valence-corrected chi connectivity index (χ1v) is 17.1. The van der Waals surface area contributed by atoms with Gasteiger partial charge < -0.3 is 55.2 Å². The van der Waals surface area contributed by atoms with Gasteiger partial charge in [0.2, 0.25) is 12.2 Å². The molecule has 49 heavy (non-hydrogen) atoms. The summed E-state index contributed by atoms with van der Waals surface area (Å²) >= 11 is 16.7. The fourth-order valence-electron chi connectivity index (χ4n) is 5.54. The Kier molecular flexibility index (Phi) is 25.2. The van der Waals surface area contributed by atoms with E-state index in [0.717, 1.165) is 19.3 Å². The van der Waals surface area contributed by atoms with Crippen molar-refractivity contribution in [2.75, 3.05) is 0 Å². The second-order valence-corrected chi connectivity index (χ2v) is 14.1. The van der Waals surface area contributed by atoms with Gasteiger partial charge in [0.05, 0.1) is 18.5 Å². The van der Waals surface area contributed by atoms with E-state index in [4.69, 9.17) is 73.4 Å². The average Bonchev–Trinajstić information content (AvgIpc) is 2.97. The number of hydrogen-bond donors (Lipinski definition) is 2. The van der Waals surface area contributed by atoms with Crippen molar-refractivity contribution in [2.24, 2.45) is 17.8 Å². The van der Waals surface area contributed by atoms with Crippen molar-refractivity contribution in [3.05, 3.63) is 12.3 Å². The van der Waals surface area contributed by atoms with E-state index in [0.29, 0.717) is 12.8 Å². The summed E-state index contributed by atoms with van der Waals surface area (Å²) in [7, 11) is 0. The summed E-state index contributed by atoms with van der Waals surface area (Å²) in [5.74, 6) is -1.01. The van der Waals surface area contributed by atoms with Crippen LogP contribution in [0.5, 0.6) is 0 Å². The molecule has 3 heterocycles. The van der Waals surface area contributed by atoms with Gasteiger partial charge >= 0.3 is 36.8 Å². The van der Waals surface area contributed by atoms with Crippen LogP contribution in [-0.4, -0.2) is 81.9 Å². The van der Waals surface area contributed by atoms with Gasteiger partial charge in [-0.3, -0.25) is 19.8 Å². The predicted octanol–water partition coefficient (Wildman–Crippen LogP) is 0.399. The van der Waals surface area contributed by atoms with Gasteiger partial charge in [0.1, 0.15) is 24.4 Å². The topological polar surface area (TPSA) is 160 Å². The Morgan fingerprint density at radius 1 is 0.776 bits per heavy atom. The van der Waals surface area contributed by atoms with E-state index in [1.165, 1.54) is 20.8 Å². The summed E-state index contributed by atoms with van der Waals surface area (Å²) in [5, 5.41) is 16.9. The first kappa shape index (κ1) is 50.4. The minimum Gasteiger partial charge on any atom is -1.00 e. The van der Waals surface area contributed by atoms with Crippen molar-refractivity contribution in [2.45, 2.75) is 147 Å². The average molecular weight is 820 g/mol. The molecule has 17 heteroatoms. The van der Waals surface area contributed by atoms with E-state index in [1.54, 1.807) is 12.3 Å². The summed E-state index contributed by atoms with van der Waals surface area (Å²) in [6.45, 7) is 16.1. The third-order valence-electron chi connectivity index (χ3n) is 8.14. The Morgan fingerprint density at radius 3 is 1.65 bits per heavy atom. The Morgan fingerprint density at radius 2 is 1.22 bits per heavy atom. The fraction of sp³-hybridized carbons (Fsp3) is 0.812. The molecule has 2 fully saturated rings. The number of hydrogen-bond acceptors (Lipinski definition) is 12. The number of alkyl halides is 3. The zero-order chi connectivity index (χ0) is 36.1. The van der Waals surface area contributed by atoms with Crippen molar-refractivity contribution in [3.63, 3.8) is 0 Å². The van der Waals surface area contributed by atoms with E-state index in [9.17, 15) is 19.5 Å². The van der Waals surface area contributed by atoms with Crippen LogP contribution in [0.1, 0.15) is 94.4 Å². The molecule has 0 aliphatic carbocycles. The Balaban J connectivity index is 0. The standard InChI is InChI=1S/C12H18Cl3NO4.C10H18O4.C10H16O3.BrH.Li/c1-4-8-6(2)9(18-7(3)17)5-10(19-8)20-11(16)12(13,14)15;1-4-8-6(2)9(13-7(3)11)5-10(12)14-8;1-4-9-7(2)10(5-6-12-9)13-8(3)11;;/h6,8-10,16H,4-5H2,1-3H3;6,8-10,12H,4-5H2,1-3H3;5-7,9-10H,4H2,1-3H3;1H;/q;;;;+1/p-1/t2*6-,8-,9-,10?;7-,9-,10-;;/m111../s1. The summed E-state index contributed by atoms with van der Waals surface area (Å²) in [6, 6.07) is 0. The van der Waals surface area contributed by atoms with Crippen LogP contribution in [0.3, 0.4) is 0 Å². The molecule has 0 aromatic rings. The maximum absolute atomic E-state index is 11.1. The van der Waals surface area contributed by atoms with Gasteiger partial charge in [-0.2, -0.15) is 0 Å². The predicted molar refractivity (Wildman–Crippen MR) is 177 cm³/mol. The molecule has 3 aliphatic rings. The van der Waals surface area contributed by atoms with Crippen LogP contribution >= 0.6 is 34.8 Å². The van der Waals surface area contributed by atoms with Gasteiger partial charge in [0, 0.05) is 51.4 Å². The number of rotatable bonds is 7. The summed E-state index contributed by atoms with van der Waals surface area (Å²) in [4.78, 5) is 32.7. The minimum atomic E-state index is -1.94. The molecular weight excluding hydrogens is 768 g/mol. The Labute approximate surface area is 328 Å². The van der Waals surface area contributed by atoms with E-state index < -0.39 is 22.3 Å². The van der Waals surface area contributed by atoms with Gasteiger partial charge in [0.25, 0.3) is 3.79 Å². The Bertz CT molecular complexity index is 1050. The fourth-order valence-corrected chi connectivity index (χ4v) is 5.67. The number of aliphatic hydroxyl groups excluding tert-OH is 1. The number of carbonyl (C=O) groups is 3. The third kappa shape index (κ3) is 18.0. The zero-order valence-electron chi connectivity index (χ0n) is 30.1. The van der Waals surface area contributed by atoms with Crippen LogP contribution in [-0.2, 0) is 47.5 Å². The number of nitrogens with one attached hydrogen (secondary N) is 1. The molecule has 0 spiro atoms. The van der Waals surface area contributed by atoms with Crippen LogP contribution in [0.25, 0.3) is 0 Å². The van der Waals surface area contributed by atoms with Gasteiger partial charge in [-0.15, -0.1) is 0 Å². The molecule has 2 unspecified atom stereocenters. The van der Waals surface area contributed by atoms with Crippen molar-refractivity contribution < 1.29 is 88.5 Å². The summed E-state index contributed by atoms with van der Waals surface area (Å²) in [5.41, 5.74) is 0. The van der Waals surface area contributed by atoms with Crippen LogP contribution < -0.4 is 35.8 Å². The molecule has 0 radical (unpaired) electrons. The number of ether oxygens (including phenoxy) is 7. The largest absolute Gasteiger partial charge is 1.00 e. The molecule has 0 aromatic heterocycles. The van der Waals surface area contributed by atoms with Crippen molar-refractivity contribution in [1.82, 2.24) is 0 Å². The molecule has 2 saturated heterocycles. The number of halogens is 4. The zero-order valence-corrected chi connectivity index (χ0v) is 33.9. The second-order valence-electron chi connectivity index (χ2n) is 11.8. The normalized spacial score (nSPS) is 32.0. The SMILES string of the molecule is CC[C@H]1OC(O)C[C@@H](OC(C)=O)[C@@H]1C.CC[C@H]1OC(OC(=N)C(Cl)(Cl)Cl)C[C@@H](OC(C)=O)[C@@H]1C.CC[C@H]1OC=C[C@@H](OC(C)=O)[C@@H]1C.[Br-].[Li+]. The van der Waals surface area contributed by atoms with E-state index in [2.05, 4.69) is 6.92 Å². The number of carbonyl (C=O) groups excluding carboxylic acids is 3. The summed E-state index contributed by atoms with van der Waals surface area (Å²) < 4.78 is 35.2. The summed E-state index contributed by atoms with van der Waals surface area (Å²) in [6.07, 6.45) is 4.26. The molecular formula is C32H52BrCl3LiNO11. The molecule has 0 aromatic carbocycles. The monoisotopic (exact) mass is 817 g/mol. The van der Waals surface area contributed by atoms with Gasteiger partial charge in [-0.1, -0.05) is 76.3 Å². The van der Waals surface area contributed by atoms with Crippen LogP contribution in [0, 0.1) is 23.2 Å². The molecule has 2 N–H and O–H groups in total. The van der Waals surface area contributed by atoms with Crippen molar-refractivity contribution in [1.29, 1.82) is 5.41 Å². The molecule has 3 aliphatic heterocycles.